The lowest BCUT2D eigenvalue weighted by molar-refractivity contribution is 0.750. The summed E-state index contributed by atoms with van der Waals surface area (Å²) in [6, 6.07) is 22.2. The minimum Gasteiger partial charge on any atom is -0.267 e. The van der Waals surface area contributed by atoms with E-state index in [1.807, 2.05) is 0 Å². The molecule has 0 amide bonds. The maximum absolute atomic E-state index is 5.26. The van der Waals surface area contributed by atoms with Gasteiger partial charge in [0.05, 0.1) is 14.7 Å². The van der Waals surface area contributed by atoms with Gasteiger partial charge in [0, 0.05) is 0 Å². The third-order valence-corrected chi connectivity index (χ3v) is 16.5. The van der Waals surface area contributed by atoms with E-state index >= 15 is 0 Å². The Balaban J connectivity index is 1.92. The minimum absolute atomic E-state index is 0.269. The molecule has 0 N–H and O–H groups in total. The number of hydrogen-bond acceptors (Lipinski definition) is 1. The van der Waals surface area contributed by atoms with Crippen molar-refractivity contribution in [1.82, 2.24) is 0 Å². The zero-order valence-corrected chi connectivity index (χ0v) is 18.2. The van der Waals surface area contributed by atoms with Crippen LogP contribution in [-0.4, -0.2) is 21.6 Å². The van der Waals surface area contributed by atoms with E-state index in [2.05, 4.69) is 95.3 Å². The molecule has 1 unspecified atom stereocenters. The molecular formula is C23H25NSi2. The highest BCUT2D eigenvalue weighted by molar-refractivity contribution is 7.79. The van der Waals surface area contributed by atoms with Crippen LogP contribution in [0, 0.1) is 13.8 Å². The van der Waals surface area contributed by atoms with E-state index in [4.69, 9.17) is 4.99 Å². The van der Waals surface area contributed by atoms with Gasteiger partial charge in [-0.25, -0.2) is 0 Å². The van der Waals surface area contributed by atoms with Gasteiger partial charge in [-0.2, -0.15) is 0 Å². The highest BCUT2D eigenvalue weighted by Crippen LogP contribution is 2.46. The molecule has 1 saturated heterocycles. The number of benzene rings is 3. The summed E-state index contributed by atoms with van der Waals surface area (Å²) in [7, 11) is -0.891. The SMILES string of the molecule is Cc1cccc(C)c1N=C1[Si][Si]1(c1cccc2ccccc12)C(C)(C)C. The van der Waals surface area contributed by atoms with Crippen LogP contribution in [0.25, 0.3) is 10.8 Å². The summed E-state index contributed by atoms with van der Waals surface area (Å²) in [6.07, 6.45) is 0. The van der Waals surface area contributed by atoms with Crippen molar-refractivity contribution in [2.45, 2.75) is 39.7 Å². The lowest BCUT2D eigenvalue weighted by Crippen LogP contribution is -2.46. The van der Waals surface area contributed by atoms with Crippen LogP contribution in [0.4, 0.5) is 5.69 Å². The van der Waals surface area contributed by atoms with Crippen LogP contribution in [0.5, 0.6) is 0 Å². The van der Waals surface area contributed by atoms with Crippen LogP contribution >= 0.6 is 0 Å². The van der Waals surface area contributed by atoms with Crippen molar-refractivity contribution in [1.29, 1.82) is 0 Å². The molecule has 1 aliphatic rings. The Kier molecular flexibility index (Phi) is 4.05. The third-order valence-electron chi connectivity index (χ3n) is 5.58. The molecule has 0 saturated carbocycles. The normalized spacial score (nSPS) is 21.3. The molecule has 1 atom stereocenters. The summed E-state index contributed by atoms with van der Waals surface area (Å²) < 4.78 is 0. The van der Waals surface area contributed by atoms with Crippen LogP contribution < -0.4 is 5.19 Å². The van der Waals surface area contributed by atoms with Crippen molar-refractivity contribution < 1.29 is 0 Å². The van der Waals surface area contributed by atoms with Crippen LogP contribution in [0.1, 0.15) is 31.9 Å². The Morgan fingerprint density at radius 2 is 1.42 bits per heavy atom. The maximum atomic E-state index is 5.26. The number of aliphatic imine (C=N–C) groups is 1. The van der Waals surface area contributed by atoms with Gasteiger partial charge >= 0.3 is 0 Å². The first kappa shape index (κ1) is 17.4. The van der Waals surface area contributed by atoms with Crippen molar-refractivity contribution in [2.24, 2.45) is 4.99 Å². The average Bonchev–Trinajstić information content (AvgIpc) is 3.33. The molecule has 1 nitrogen and oxygen atoms in total. The number of hydrogen-bond donors (Lipinski definition) is 0. The van der Waals surface area contributed by atoms with Gasteiger partial charge in [0.25, 0.3) is 0 Å². The van der Waals surface area contributed by atoms with Crippen molar-refractivity contribution in [3.8, 4) is 0 Å². The molecule has 3 heteroatoms. The van der Waals surface area contributed by atoms with Crippen molar-refractivity contribution in [3.63, 3.8) is 0 Å². The topological polar surface area (TPSA) is 12.4 Å². The van der Waals surface area contributed by atoms with Gasteiger partial charge in [-0.3, -0.25) is 4.99 Å². The van der Waals surface area contributed by atoms with Gasteiger partial charge in [-0.15, -0.1) is 0 Å². The number of para-hydroxylation sites is 1. The van der Waals surface area contributed by atoms with Crippen molar-refractivity contribution in [2.75, 3.05) is 0 Å². The monoisotopic (exact) mass is 371 g/mol. The van der Waals surface area contributed by atoms with E-state index in [9.17, 15) is 0 Å². The molecule has 1 heterocycles. The number of aryl methyl sites for hydroxylation is 2. The van der Waals surface area contributed by atoms with Gasteiger partial charge < -0.3 is 0 Å². The number of rotatable bonds is 2. The Morgan fingerprint density at radius 3 is 2.12 bits per heavy atom. The van der Waals surface area contributed by atoms with E-state index in [1.165, 1.54) is 32.5 Å². The average molecular weight is 372 g/mol. The fourth-order valence-corrected chi connectivity index (χ4v) is 14.1. The quantitative estimate of drug-likeness (QED) is 0.535. The van der Waals surface area contributed by atoms with Gasteiger partial charge in [0.1, 0.15) is 7.59 Å². The molecule has 0 spiro atoms. The zero-order chi connectivity index (χ0) is 18.5. The summed E-state index contributed by atoms with van der Waals surface area (Å²) in [4.78, 5) is 6.75. The first-order valence-corrected chi connectivity index (χ1v) is 13.3. The fraction of sp³-hybridized carbons (Fsp3) is 0.261. The first-order chi connectivity index (χ1) is 12.3. The minimum atomic E-state index is -1.78. The lowest BCUT2D eigenvalue weighted by Gasteiger charge is -2.30. The van der Waals surface area contributed by atoms with Crippen LogP contribution in [-0.2, 0) is 0 Å². The molecule has 0 bridgehead atoms. The molecule has 26 heavy (non-hydrogen) atoms. The second kappa shape index (κ2) is 6.03. The van der Waals surface area contributed by atoms with E-state index in [-0.39, 0.29) is 5.04 Å². The number of fused-ring (bicyclic) bond motifs is 1. The van der Waals surface area contributed by atoms with E-state index < -0.39 is 7.59 Å². The molecule has 1 aliphatic heterocycles. The summed E-state index contributed by atoms with van der Waals surface area (Å²) in [5, 5.41) is 4.62. The van der Waals surface area contributed by atoms with E-state index in [1.54, 1.807) is 5.19 Å². The van der Waals surface area contributed by atoms with Gasteiger partial charge in [-0.1, -0.05) is 81.4 Å². The predicted molar refractivity (Wildman–Crippen MR) is 118 cm³/mol. The molecule has 0 aliphatic carbocycles. The summed E-state index contributed by atoms with van der Waals surface area (Å²) >= 11 is 0. The van der Waals surface area contributed by atoms with Crippen LogP contribution in [0.2, 0.25) is 5.04 Å². The summed E-state index contributed by atoms with van der Waals surface area (Å²) in [5.74, 6) is 0. The molecule has 4 rings (SSSR count). The van der Waals surface area contributed by atoms with E-state index in [0.29, 0.717) is 0 Å². The standard InChI is InChI=1S/C23H25NSi2/c1-16-10-8-11-17(2)21(16)24-22-25-26(22,23(3,4)5)20-15-9-13-18-12-6-7-14-19(18)20/h6-15H,1-5H3. The van der Waals surface area contributed by atoms with Gasteiger partial charge in [0.2, 0.25) is 0 Å². The first-order valence-electron chi connectivity index (χ1n) is 9.26. The molecule has 3 aromatic carbocycles. The molecular weight excluding hydrogens is 346 g/mol. The largest absolute Gasteiger partial charge is 0.267 e. The molecule has 1 fully saturated rings. The Hall–Kier alpha value is -1.98. The highest BCUT2D eigenvalue weighted by Gasteiger charge is 2.63. The van der Waals surface area contributed by atoms with Crippen molar-refractivity contribution >= 4 is 43.2 Å². The smallest absolute Gasteiger partial charge is 0.129 e. The second-order valence-electron chi connectivity index (χ2n) is 8.35. The molecule has 2 radical (unpaired) electrons. The summed E-state index contributed by atoms with van der Waals surface area (Å²) in [5.41, 5.74) is 3.75. The van der Waals surface area contributed by atoms with Crippen LogP contribution in [0.3, 0.4) is 0 Å². The fourth-order valence-electron chi connectivity index (χ4n) is 4.05. The Labute approximate surface area is 159 Å². The molecule has 130 valence electrons. The van der Waals surface area contributed by atoms with Gasteiger partial charge in [-0.05, 0) is 50.9 Å². The second-order valence-corrected chi connectivity index (χ2v) is 16.6. The van der Waals surface area contributed by atoms with Gasteiger partial charge in [0.15, 0.2) is 0 Å². The highest BCUT2D eigenvalue weighted by atomic mass is 29.3. The molecule has 0 aromatic heterocycles. The van der Waals surface area contributed by atoms with Crippen molar-refractivity contribution in [3.05, 3.63) is 71.8 Å². The summed E-state index contributed by atoms with van der Waals surface area (Å²) in [6.45, 7) is 11.6. The lowest BCUT2D eigenvalue weighted by atomic mass is 10.1. The predicted octanol–water partition coefficient (Wildman–Crippen LogP) is 5.40. The van der Waals surface area contributed by atoms with Crippen LogP contribution in [0.15, 0.2) is 65.7 Å². The number of nitrogens with zero attached hydrogens (tertiary/aromatic N) is 1. The molecule has 3 aromatic rings. The Morgan fingerprint density at radius 1 is 0.808 bits per heavy atom. The van der Waals surface area contributed by atoms with E-state index in [0.717, 1.165) is 9.04 Å². The Bertz CT molecular complexity index is 1000. The maximum Gasteiger partial charge on any atom is 0.129 e. The zero-order valence-electron chi connectivity index (χ0n) is 16.2. The third kappa shape index (κ3) is 2.61.